The van der Waals surface area contributed by atoms with E-state index in [1.807, 2.05) is 11.8 Å². The lowest BCUT2D eigenvalue weighted by atomic mass is 9.85. The number of nitrogens with zero attached hydrogens (tertiary/aromatic N) is 1. The molecule has 2 saturated heterocycles. The van der Waals surface area contributed by atoms with E-state index in [0.717, 1.165) is 18.6 Å². The van der Waals surface area contributed by atoms with Gasteiger partial charge in [-0.15, -0.1) is 11.8 Å². The van der Waals surface area contributed by atoms with Gasteiger partial charge in [0.2, 0.25) is 0 Å². The predicted octanol–water partition coefficient (Wildman–Crippen LogP) is 2.76. The van der Waals surface area contributed by atoms with Gasteiger partial charge < -0.3 is 0 Å². The van der Waals surface area contributed by atoms with E-state index in [0.29, 0.717) is 23.6 Å². The third-order valence-corrected chi connectivity index (χ3v) is 7.77. The van der Waals surface area contributed by atoms with E-state index in [2.05, 4.69) is 39.5 Å². The summed E-state index contributed by atoms with van der Waals surface area (Å²) in [5, 5.41) is 0. The zero-order valence-corrected chi connectivity index (χ0v) is 14.4. The molecule has 1 spiro atoms. The van der Waals surface area contributed by atoms with Gasteiger partial charge in [0.1, 0.15) is 0 Å². The van der Waals surface area contributed by atoms with Crippen molar-refractivity contribution in [2.24, 2.45) is 5.41 Å². The van der Waals surface area contributed by atoms with Crippen molar-refractivity contribution in [1.29, 1.82) is 0 Å². The highest BCUT2D eigenvalue weighted by Crippen LogP contribution is 2.51. The van der Waals surface area contributed by atoms with E-state index < -0.39 is 9.84 Å². The first-order valence-corrected chi connectivity index (χ1v) is 10.0. The Morgan fingerprint density at radius 2 is 1.74 bits per heavy atom. The van der Waals surface area contributed by atoms with Crippen LogP contribution in [0.2, 0.25) is 0 Å². The van der Waals surface area contributed by atoms with E-state index in [1.165, 1.54) is 0 Å². The summed E-state index contributed by atoms with van der Waals surface area (Å²) in [6.45, 7) is 11.4. The molecule has 0 aliphatic carbocycles. The standard InChI is InChI=1S/C14H27NO2S2/c1-11(2)15-12(13(3,4)5)10-18-14(15)6-8-19(16,17)9-7-14/h11-12H,6-10H2,1-5H3/t12-/m0/s1. The molecule has 112 valence electrons. The van der Waals surface area contributed by atoms with Crippen LogP contribution in [-0.4, -0.2) is 47.5 Å². The van der Waals surface area contributed by atoms with E-state index in [4.69, 9.17) is 0 Å². The summed E-state index contributed by atoms with van der Waals surface area (Å²) in [4.78, 5) is 2.68. The Balaban J connectivity index is 2.27. The largest absolute Gasteiger partial charge is 0.282 e. The summed E-state index contributed by atoms with van der Waals surface area (Å²) in [7, 11) is -2.79. The maximum absolute atomic E-state index is 11.7. The first-order valence-electron chi connectivity index (χ1n) is 7.20. The molecule has 2 heterocycles. The van der Waals surface area contributed by atoms with Crippen LogP contribution < -0.4 is 0 Å². The van der Waals surface area contributed by atoms with Crippen LogP contribution in [0.25, 0.3) is 0 Å². The van der Waals surface area contributed by atoms with E-state index in [-0.39, 0.29) is 10.3 Å². The minimum absolute atomic E-state index is 0.0669. The Hall–Kier alpha value is 0.260. The lowest BCUT2D eigenvalue weighted by Crippen LogP contribution is -2.56. The van der Waals surface area contributed by atoms with Gasteiger partial charge in [-0.25, -0.2) is 8.42 Å². The van der Waals surface area contributed by atoms with Crippen LogP contribution in [0.15, 0.2) is 0 Å². The van der Waals surface area contributed by atoms with Gasteiger partial charge in [-0.2, -0.15) is 0 Å². The molecular weight excluding hydrogens is 278 g/mol. The molecule has 5 heteroatoms. The van der Waals surface area contributed by atoms with Crippen LogP contribution in [-0.2, 0) is 9.84 Å². The highest BCUT2D eigenvalue weighted by atomic mass is 32.2. The first kappa shape index (κ1) is 15.6. The second-order valence-electron chi connectivity index (χ2n) is 7.29. The van der Waals surface area contributed by atoms with Crippen molar-refractivity contribution in [3.8, 4) is 0 Å². The molecule has 0 aromatic rings. The van der Waals surface area contributed by atoms with Crippen LogP contribution in [0.4, 0.5) is 0 Å². The molecule has 0 unspecified atom stereocenters. The van der Waals surface area contributed by atoms with Gasteiger partial charge in [0.15, 0.2) is 9.84 Å². The molecule has 0 bridgehead atoms. The van der Waals surface area contributed by atoms with Gasteiger partial charge in [0.05, 0.1) is 16.4 Å². The maximum Gasteiger partial charge on any atom is 0.150 e. The van der Waals surface area contributed by atoms with E-state index in [1.54, 1.807) is 0 Å². The number of hydrogen-bond donors (Lipinski definition) is 0. The highest BCUT2D eigenvalue weighted by molar-refractivity contribution is 8.01. The third-order valence-electron chi connectivity index (χ3n) is 4.48. The first-order chi connectivity index (χ1) is 8.57. The minimum atomic E-state index is -2.79. The minimum Gasteiger partial charge on any atom is -0.282 e. The summed E-state index contributed by atoms with van der Waals surface area (Å²) in [5.74, 6) is 1.85. The average molecular weight is 306 g/mol. The normalized spacial score (nSPS) is 31.2. The molecule has 2 rings (SSSR count). The van der Waals surface area contributed by atoms with Gasteiger partial charge >= 0.3 is 0 Å². The molecule has 0 radical (unpaired) electrons. The fourth-order valence-corrected chi connectivity index (χ4v) is 7.30. The van der Waals surface area contributed by atoms with E-state index in [9.17, 15) is 8.42 Å². The van der Waals surface area contributed by atoms with Crippen LogP contribution in [0.3, 0.4) is 0 Å². The molecule has 3 nitrogen and oxygen atoms in total. The van der Waals surface area contributed by atoms with Crippen LogP contribution >= 0.6 is 11.8 Å². The molecule has 0 saturated carbocycles. The molecule has 0 amide bonds. The van der Waals surface area contributed by atoms with Crippen molar-refractivity contribution in [3.63, 3.8) is 0 Å². The Labute approximate surface area is 122 Å². The van der Waals surface area contributed by atoms with Crippen molar-refractivity contribution in [2.75, 3.05) is 17.3 Å². The second-order valence-corrected chi connectivity index (χ2v) is 11.0. The molecular formula is C14H27NO2S2. The number of thioether (sulfide) groups is 1. The molecule has 0 N–H and O–H groups in total. The van der Waals surface area contributed by atoms with Crippen molar-refractivity contribution < 1.29 is 8.42 Å². The monoisotopic (exact) mass is 305 g/mol. The van der Waals surface area contributed by atoms with Crippen LogP contribution in [0.1, 0.15) is 47.5 Å². The Morgan fingerprint density at radius 1 is 1.21 bits per heavy atom. The quantitative estimate of drug-likeness (QED) is 0.746. The van der Waals surface area contributed by atoms with E-state index >= 15 is 0 Å². The number of hydrogen-bond acceptors (Lipinski definition) is 4. The Kier molecular flexibility index (Phi) is 4.05. The summed E-state index contributed by atoms with van der Waals surface area (Å²) in [5.41, 5.74) is 0.247. The average Bonchev–Trinajstić information content (AvgIpc) is 2.62. The zero-order chi connectivity index (χ0) is 14.5. The van der Waals surface area contributed by atoms with Crippen LogP contribution in [0.5, 0.6) is 0 Å². The Morgan fingerprint density at radius 3 is 2.16 bits per heavy atom. The lowest BCUT2D eigenvalue weighted by Gasteiger charge is -2.47. The molecule has 2 aliphatic heterocycles. The van der Waals surface area contributed by atoms with Gasteiger partial charge in [0.25, 0.3) is 0 Å². The highest BCUT2D eigenvalue weighted by Gasteiger charge is 2.53. The van der Waals surface area contributed by atoms with Gasteiger partial charge in [0, 0.05) is 17.8 Å². The third kappa shape index (κ3) is 2.98. The molecule has 19 heavy (non-hydrogen) atoms. The number of sulfone groups is 1. The summed E-state index contributed by atoms with van der Waals surface area (Å²) in [6, 6.07) is 1.01. The summed E-state index contributed by atoms with van der Waals surface area (Å²) >= 11 is 2.00. The molecule has 2 fully saturated rings. The molecule has 0 aromatic heterocycles. The van der Waals surface area contributed by atoms with Gasteiger partial charge in [-0.3, -0.25) is 4.90 Å². The van der Waals surface area contributed by atoms with Crippen molar-refractivity contribution in [1.82, 2.24) is 4.90 Å². The smallest absolute Gasteiger partial charge is 0.150 e. The molecule has 2 aliphatic rings. The molecule has 1 atom stereocenters. The lowest BCUT2D eigenvalue weighted by molar-refractivity contribution is 0.0365. The molecule has 0 aromatic carbocycles. The van der Waals surface area contributed by atoms with Crippen molar-refractivity contribution in [3.05, 3.63) is 0 Å². The SMILES string of the molecule is CC(C)N1[C@H](C(C)(C)C)CSC12CCS(=O)(=O)CC2. The Bertz CT molecular complexity index is 423. The van der Waals surface area contributed by atoms with Crippen LogP contribution in [0, 0.1) is 5.41 Å². The fraction of sp³-hybridized carbons (Fsp3) is 1.00. The maximum atomic E-state index is 11.7. The number of rotatable bonds is 1. The summed E-state index contributed by atoms with van der Waals surface area (Å²) in [6.07, 6.45) is 1.59. The predicted molar refractivity (Wildman–Crippen MR) is 83.3 cm³/mol. The fourth-order valence-electron chi connectivity index (χ4n) is 3.43. The zero-order valence-electron chi connectivity index (χ0n) is 12.8. The second kappa shape index (κ2) is 4.92. The van der Waals surface area contributed by atoms with Crippen molar-refractivity contribution >= 4 is 21.6 Å². The summed E-state index contributed by atoms with van der Waals surface area (Å²) < 4.78 is 23.4. The van der Waals surface area contributed by atoms with Gasteiger partial charge in [-0.1, -0.05) is 20.8 Å². The van der Waals surface area contributed by atoms with Gasteiger partial charge in [-0.05, 0) is 32.1 Å². The topological polar surface area (TPSA) is 37.4 Å². The van der Waals surface area contributed by atoms with Crippen molar-refractivity contribution in [2.45, 2.75) is 64.4 Å².